The van der Waals surface area contributed by atoms with Crippen LogP contribution in [0.3, 0.4) is 0 Å². The third kappa shape index (κ3) is 4.85. The summed E-state index contributed by atoms with van der Waals surface area (Å²) in [5.74, 6) is -0.328. The summed E-state index contributed by atoms with van der Waals surface area (Å²) >= 11 is 1.50. The third-order valence-corrected chi connectivity index (χ3v) is 3.30. The third-order valence-electron chi connectivity index (χ3n) is 2.36. The minimum Gasteiger partial charge on any atom is -0.366 e. The van der Waals surface area contributed by atoms with Crippen LogP contribution in [0.5, 0.6) is 0 Å². The topological polar surface area (TPSA) is 84.2 Å². The molecule has 0 aliphatic carbocycles. The lowest BCUT2D eigenvalue weighted by Crippen LogP contribution is -2.33. The second-order valence-corrected chi connectivity index (χ2v) is 5.28. The van der Waals surface area contributed by atoms with Crippen molar-refractivity contribution in [3.63, 3.8) is 0 Å². The Labute approximate surface area is 111 Å². The van der Waals surface area contributed by atoms with E-state index in [0.29, 0.717) is 25.2 Å². The number of nitrogens with two attached hydrogens (primary N) is 1. The Bertz CT molecular complexity index is 415. The number of carbonyl (C=O) groups is 2. The number of amides is 2. The molecular formula is C12H19N3O2S. The molecule has 1 aromatic rings. The maximum atomic E-state index is 11.3. The van der Waals surface area contributed by atoms with E-state index in [2.05, 4.69) is 10.6 Å². The minimum atomic E-state index is -0.401. The Kier molecular flexibility index (Phi) is 5.80. The van der Waals surface area contributed by atoms with Crippen molar-refractivity contribution in [3.05, 3.63) is 21.9 Å². The Morgan fingerprint density at radius 1 is 1.39 bits per heavy atom. The largest absolute Gasteiger partial charge is 0.366 e. The summed E-state index contributed by atoms with van der Waals surface area (Å²) in [5.41, 5.74) is 5.71. The van der Waals surface area contributed by atoms with E-state index in [0.717, 1.165) is 4.88 Å². The lowest BCUT2D eigenvalue weighted by Gasteiger charge is -2.07. The highest BCUT2D eigenvalue weighted by atomic mass is 32.1. The van der Waals surface area contributed by atoms with Gasteiger partial charge in [0.25, 0.3) is 0 Å². The smallest absolute Gasteiger partial charge is 0.249 e. The van der Waals surface area contributed by atoms with Gasteiger partial charge in [0, 0.05) is 35.8 Å². The number of hydrogen-bond acceptors (Lipinski definition) is 4. The van der Waals surface area contributed by atoms with E-state index in [4.69, 9.17) is 5.73 Å². The van der Waals surface area contributed by atoms with Crippen molar-refractivity contribution < 1.29 is 9.59 Å². The van der Waals surface area contributed by atoms with Crippen LogP contribution in [0.1, 0.15) is 29.1 Å². The number of nitrogens with one attached hydrogen (secondary N) is 2. The number of thiophene rings is 1. The summed E-state index contributed by atoms with van der Waals surface area (Å²) in [6, 6.07) is 1.78. The summed E-state index contributed by atoms with van der Waals surface area (Å²) in [4.78, 5) is 23.2. The Balaban J connectivity index is 2.18. The number of hydrogen-bond donors (Lipinski definition) is 3. The van der Waals surface area contributed by atoms with E-state index >= 15 is 0 Å². The second kappa shape index (κ2) is 7.13. The van der Waals surface area contributed by atoms with Gasteiger partial charge in [-0.2, -0.15) is 0 Å². The van der Waals surface area contributed by atoms with Crippen molar-refractivity contribution in [2.24, 2.45) is 11.7 Å². The van der Waals surface area contributed by atoms with Gasteiger partial charge in [-0.15, -0.1) is 11.3 Å². The van der Waals surface area contributed by atoms with Gasteiger partial charge in [-0.1, -0.05) is 13.8 Å². The van der Waals surface area contributed by atoms with Crippen LogP contribution >= 0.6 is 11.3 Å². The average molecular weight is 269 g/mol. The molecule has 1 aromatic heterocycles. The monoisotopic (exact) mass is 269 g/mol. The zero-order valence-electron chi connectivity index (χ0n) is 10.7. The molecule has 0 saturated heterocycles. The Morgan fingerprint density at radius 3 is 2.67 bits per heavy atom. The van der Waals surface area contributed by atoms with E-state index in [9.17, 15) is 9.59 Å². The fraction of sp³-hybridized carbons (Fsp3) is 0.500. The molecule has 4 N–H and O–H groups in total. The highest BCUT2D eigenvalue weighted by Crippen LogP contribution is 2.13. The lowest BCUT2D eigenvalue weighted by molar-refractivity contribution is -0.123. The summed E-state index contributed by atoms with van der Waals surface area (Å²) in [7, 11) is 0. The fourth-order valence-corrected chi connectivity index (χ4v) is 2.14. The molecular weight excluding hydrogens is 250 g/mol. The van der Waals surface area contributed by atoms with Crippen LogP contribution in [0.25, 0.3) is 0 Å². The predicted molar refractivity (Wildman–Crippen MR) is 72.4 cm³/mol. The highest BCUT2D eigenvalue weighted by molar-refractivity contribution is 7.10. The standard InChI is InChI=1S/C12H19N3O2S/c1-8(2)12(17)15-4-3-14-6-10-5-9(7-18-10)11(13)16/h5,7-8,14H,3-4,6H2,1-2H3,(H2,13,16)(H,15,17). The summed E-state index contributed by atoms with van der Waals surface area (Å²) in [6.45, 7) is 5.70. The van der Waals surface area contributed by atoms with E-state index in [1.54, 1.807) is 11.4 Å². The molecule has 0 fully saturated rings. The molecule has 2 amide bonds. The number of primary amides is 1. The van der Waals surface area contributed by atoms with Crippen LogP contribution in [0.15, 0.2) is 11.4 Å². The van der Waals surface area contributed by atoms with Crippen LogP contribution in [0, 0.1) is 5.92 Å². The van der Waals surface area contributed by atoms with Crippen molar-refractivity contribution in [3.8, 4) is 0 Å². The van der Waals surface area contributed by atoms with Gasteiger partial charge in [0.05, 0.1) is 5.56 Å². The van der Waals surface area contributed by atoms with Crippen LogP contribution in [-0.4, -0.2) is 24.9 Å². The first kappa shape index (κ1) is 14.7. The zero-order chi connectivity index (χ0) is 13.5. The first-order valence-corrected chi connectivity index (χ1v) is 6.74. The van der Waals surface area contributed by atoms with Gasteiger partial charge < -0.3 is 16.4 Å². The summed E-state index contributed by atoms with van der Waals surface area (Å²) in [5, 5.41) is 7.76. The minimum absolute atomic E-state index is 0.0143. The van der Waals surface area contributed by atoms with E-state index in [1.165, 1.54) is 11.3 Å². The normalized spacial score (nSPS) is 10.6. The number of carbonyl (C=O) groups excluding carboxylic acids is 2. The van der Waals surface area contributed by atoms with Crippen molar-refractivity contribution in [1.82, 2.24) is 10.6 Å². The first-order valence-electron chi connectivity index (χ1n) is 5.86. The molecule has 0 saturated carbocycles. The van der Waals surface area contributed by atoms with Crippen LogP contribution in [0.4, 0.5) is 0 Å². The molecule has 0 aliphatic rings. The molecule has 0 bridgehead atoms. The van der Waals surface area contributed by atoms with E-state index in [-0.39, 0.29) is 11.8 Å². The summed E-state index contributed by atoms with van der Waals surface area (Å²) in [6.07, 6.45) is 0. The highest BCUT2D eigenvalue weighted by Gasteiger charge is 2.06. The zero-order valence-corrected chi connectivity index (χ0v) is 11.5. The fourth-order valence-electron chi connectivity index (χ4n) is 1.29. The van der Waals surface area contributed by atoms with Gasteiger partial charge in [0.2, 0.25) is 11.8 Å². The first-order chi connectivity index (χ1) is 8.50. The molecule has 1 rings (SSSR count). The van der Waals surface area contributed by atoms with Crippen molar-refractivity contribution >= 4 is 23.2 Å². The molecule has 0 spiro atoms. The number of rotatable bonds is 7. The van der Waals surface area contributed by atoms with Gasteiger partial charge in [-0.05, 0) is 6.07 Å². The van der Waals surface area contributed by atoms with Crippen LogP contribution in [-0.2, 0) is 11.3 Å². The Hall–Kier alpha value is -1.40. The predicted octanol–water partition coefficient (Wildman–Crippen LogP) is 0.709. The van der Waals surface area contributed by atoms with Gasteiger partial charge in [-0.25, -0.2) is 0 Å². The van der Waals surface area contributed by atoms with Crippen LogP contribution < -0.4 is 16.4 Å². The van der Waals surface area contributed by atoms with Gasteiger partial charge >= 0.3 is 0 Å². The molecule has 1 heterocycles. The molecule has 0 aliphatic heterocycles. The molecule has 0 aromatic carbocycles. The molecule has 5 nitrogen and oxygen atoms in total. The van der Waals surface area contributed by atoms with Crippen LogP contribution in [0.2, 0.25) is 0 Å². The van der Waals surface area contributed by atoms with Crippen molar-refractivity contribution in [2.75, 3.05) is 13.1 Å². The maximum Gasteiger partial charge on any atom is 0.249 e. The molecule has 0 radical (unpaired) electrons. The van der Waals surface area contributed by atoms with Gasteiger partial charge in [0.1, 0.15) is 0 Å². The van der Waals surface area contributed by atoms with E-state index < -0.39 is 5.91 Å². The molecule has 18 heavy (non-hydrogen) atoms. The Morgan fingerprint density at radius 2 is 2.11 bits per heavy atom. The second-order valence-electron chi connectivity index (χ2n) is 4.29. The van der Waals surface area contributed by atoms with Crippen molar-refractivity contribution in [1.29, 1.82) is 0 Å². The van der Waals surface area contributed by atoms with Crippen molar-refractivity contribution in [2.45, 2.75) is 20.4 Å². The maximum absolute atomic E-state index is 11.3. The lowest BCUT2D eigenvalue weighted by atomic mass is 10.2. The average Bonchev–Trinajstić information content (AvgIpc) is 2.77. The quantitative estimate of drug-likeness (QED) is 0.637. The SMILES string of the molecule is CC(C)C(=O)NCCNCc1cc(C(N)=O)cs1. The molecule has 0 atom stereocenters. The summed E-state index contributed by atoms with van der Waals surface area (Å²) < 4.78 is 0. The van der Waals surface area contributed by atoms with Gasteiger partial charge in [-0.3, -0.25) is 9.59 Å². The molecule has 100 valence electrons. The van der Waals surface area contributed by atoms with Gasteiger partial charge in [0.15, 0.2) is 0 Å². The molecule has 6 heteroatoms. The molecule has 0 unspecified atom stereocenters. The van der Waals surface area contributed by atoms with E-state index in [1.807, 2.05) is 13.8 Å².